The van der Waals surface area contributed by atoms with Crippen molar-refractivity contribution in [2.45, 2.75) is 12.0 Å². The molecule has 1 aliphatic heterocycles. The van der Waals surface area contributed by atoms with Gasteiger partial charge in [-0.15, -0.1) is 0 Å². The minimum Gasteiger partial charge on any atom is -0.506 e. The first-order valence-corrected chi connectivity index (χ1v) is 6.06. The fourth-order valence-corrected chi connectivity index (χ4v) is 1.99. The zero-order chi connectivity index (χ0) is 13.9. The Balaban J connectivity index is 1.99. The van der Waals surface area contributed by atoms with Crippen molar-refractivity contribution in [1.82, 2.24) is 5.32 Å². The Labute approximate surface area is 111 Å². The van der Waals surface area contributed by atoms with Crippen LogP contribution in [0, 0.1) is 0 Å². The van der Waals surface area contributed by atoms with Crippen molar-refractivity contribution in [1.29, 1.82) is 0 Å². The van der Waals surface area contributed by atoms with Crippen LogP contribution in [0.25, 0.3) is 0 Å². The molecule has 0 radical (unpaired) electrons. The van der Waals surface area contributed by atoms with Gasteiger partial charge in [-0.05, 0) is 18.2 Å². The molecule has 1 heterocycles. The molecule has 2 rings (SSSR count). The third kappa shape index (κ3) is 2.97. The van der Waals surface area contributed by atoms with E-state index in [-0.39, 0.29) is 17.3 Å². The zero-order valence-electron chi connectivity index (χ0n) is 10.8. The van der Waals surface area contributed by atoms with Crippen LogP contribution in [0.2, 0.25) is 0 Å². The number of anilines is 1. The summed E-state index contributed by atoms with van der Waals surface area (Å²) in [7, 11) is 1.61. The Morgan fingerprint density at radius 3 is 3.00 bits per heavy atom. The Kier molecular flexibility index (Phi) is 3.92. The molecule has 1 fully saturated rings. The van der Waals surface area contributed by atoms with Crippen LogP contribution in [0.15, 0.2) is 18.2 Å². The smallest absolute Gasteiger partial charge is 0.251 e. The van der Waals surface area contributed by atoms with Gasteiger partial charge in [0, 0.05) is 32.2 Å². The highest BCUT2D eigenvalue weighted by atomic mass is 16.5. The second-order valence-electron chi connectivity index (χ2n) is 4.65. The molecule has 1 unspecified atom stereocenters. The summed E-state index contributed by atoms with van der Waals surface area (Å²) in [4.78, 5) is 12.0. The van der Waals surface area contributed by atoms with Gasteiger partial charge in [-0.1, -0.05) is 0 Å². The lowest BCUT2D eigenvalue weighted by Gasteiger charge is -2.25. The van der Waals surface area contributed by atoms with E-state index in [0.29, 0.717) is 25.3 Å². The fourth-order valence-electron chi connectivity index (χ4n) is 1.99. The number of carbonyl (C=O) groups is 1. The molecule has 4 N–H and O–H groups in total. The first-order valence-electron chi connectivity index (χ1n) is 6.06. The van der Waals surface area contributed by atoms with E-state index >= 15 is 0 Å². The summed E-state index contributed by atoms with van der Waals surface area (Å²) in [6.07, 6.45) is 0.747. The predicted octanol–water partition coefficient (Wildman–Crippen LogP) is 0.510. The quantitative estimate of drug-likeness (QED) is 0.545. The van der Waals surface area contributed by atoms with Crippen molar-refractivity contribution >= 4 is 11.6 Å². The lowest BCUT2D eigenvalue weighted by atomic mass is 10.0. The number of rotatable bonds is 4. The first-order chi connectivity index (χ1) is 9.06. The third-order valence-corrected chi connectivity index (χ3v) is 3.36. The minimum absolute atomic E-state index is 0.0988. The van der Waals surface area contributed by atoms with Gasteiger partial charge in [0.05, 0.1) is 12.3 Å². The summed E-state index contributed by atoms with van der Waals surface area (Å²) in [6, 6.07) is 4.40. The molecule has 1 atom stereocenters. The molecule has 0 saturated carbocycles. The summed E-state index contributed by atoms with van der Waals surface area (Å²) >= 11 is 0. The highest BCUT2D eigenvalue weighted by molar-refractivity contribution is 5.95. The fraction of sp³-hybridized carbons (Fsp3) is 0.462. The van der Waals surface area contributed by atoms with E-state index in [4.69, 9.17) is 15.2 Å². The number of hydrogen-bond acceptors (Lipinski definition) is 5. The number of nitrogen functional groups attached to an aromatic ring is 1. The van der Waals surface area contributed by atoms with Gasteiger partial charge < -0.3 is 25.6 Å². The van der Waals surface area contributed by atoms with E-state index in [0.717, 1.165) is 6.42 Å². The molecule has 1 aliphatic rings. The van der Waals surface area contributed by atoms with Crippen LogP contribution < -0.4 is 11.1 Å². The molecular weight excluding hydrogens is 248 g/mol. The number of hydrogen-bond donors (Lipinski definition) is 3. The molecule has 1 aromatic rings. The largest absolute Gasteiger partial charge is 0.506 e. The number of amides is 1. The van der Waals surface area contributed by atoms with E-state index in [1.807, 2.05) is 0 Å². The average molecular weight is 266 g/mol. The van der Waals surface area contributed by atoms with Gasteiger partial charge in [0.2, 0.25) is 0 Å². The van der Waals surface area contributed by atoms with E-state index < -0.39 is 5.60 Å². The molecule has 19 heavy (non-hydrogen) atoms. The number of phenols is 1. The van der Waals surface area contributed by atoms with Gasteiger partial charge in [-0.2, -0.15) is 0 Å². The maximum absolute atomic E-state index is 12.0. The van der Waals surface area contributed by atoms with Crippen molar-refractivity contribution in [2.75, 3.05) is 32.6 Å². The number of carbonyl (C=O) groups excluding carboxylic acids is 1. The standard InChI is InChI=1S/C13H18N2O4/c1-18-13(4-5-19-8-13)7-15-12(17)9-2-3-10(14)11(16)6-9/h2-3,6,16H,4-5,7-8,14H2,1H3,(H,15,17). The molecule has 0 spiro atoms. The molecule has 6 nitrogen and oxygen atoms in total. The second-order valence-corrected chi connectivity index (χ2v) is 4.65. The normalized spacial score (nSPS) is 22.4. The lowest BCUT2D eigenvalue weighted by Crippen LogP contribution is -2.45. The monoisotopic (exact) mass is 266 g/mol. The van der Waals surface area contributed by atoms with Crippen LogP contribution in [-0.2, 0) is 9.47 Å². The summed E-state index contributed by atoms with van der Waals surface area (Å²) < 4.78 is 10.7. The molecule has 1 saturated heterocycles. The summed E-state index contributed by atoms with van der Waals surface area (Å²) in [6.45, 7) is 1.47. The number of nitrogens with two attached hydrogens (primary N) is 1. The number of phenolic OH excluding ortho intramolecular Hbond substituents is 1. The van der Waals surface area contributed by atoms with Gasteiger partial charge in [0.25, 0.3) is 5.91 Å². The van der Waals surface area contributed by atoms with Crippen molar-refractivity contribution in [3.05, 3.63) is 23.8 Å². The van der Waals surface area contributed by atoms with Crippen LogP contribution >= 0.6 is 0 Å². The van der Waals surface area contributed by atoms with Gasteiger partial charge in [0.1, 0.15) is 11.4 Å². The Bertz CT molecular complexity index is 470. The molecule has 0 aliphatic carbocycles. The predicted molar refractivity (Wildman–Crippen MR) is 70.0 cm³/mol. The average Bonchev–Trinajstić information content (AvgIpc) is 2.89. The molecule has 0 bridgehead atoms. The highest BCUT2D eigenvalue weighted by Gasteiger charge is 2.35. The first kappa shape index (κ1) is 13.6. The summed E-state index contributed by atoms with van der Waals surface area (Å²) in [5.74, 6) is -0.378. The highest BCUT2D eigenvalue weighted by Crippen LogP contribution is 2.23. The topological polar surface area (TPSA) is 93.8 Å². The number of methoxy groups -OCH3 is 1. The Morgan fingerprint density at radius 1 is 1.63 bits per heavy atom. The van der Waals surface area contributed by atoms with E-state index in [2.05, 4.69) is 5.32 Å². The number of aromatic hydroxyl groups is 1. The number of ether oxygens (including phenoxy) is 2. The van der Waals surface area contributed by atoms with Gasteiger partial charge in [0.15, 0.2) is 0 Å². The summed E-state index contributed by atoms with van der Waals surface area (Å²) in [5.41, 5.74) is 5.64. The van der Waals surface area contributed by atoms with Crippen molar-refractivity contribution < 1.29 is 19.4 Å². The molecular formula is C13H18N2O4. The second kappa shape index (κ2) is 5.46. The van der Waals surface area contributed by atoms with Gasteiger partial charge in [-0.3, -0.25) is 4.79 Å². The van der Waals surface area contributed by atoms with Gasteiger partial charge >= 0.3 is 0 Å². The number of benzene rings is 1. The van der Waals surface area contributed by atoms with Crippen LogP contribution in [0.4, 0.5) is 5.69 Å². The van der Waals surface area contributed by atoms with Crippen molar-refractivity contribution in [3.63, 3.8) is 0 Å². The SMILES string of the molecule is COC1(CNC(=O)c2ccc(N)c(O)c2)CCOC1. The Morgan fingerprint density at radius 2 is 2.42 bits per heavy atom. The van der Waals surface area contributed by atoms with Crippen LogP contribution in [0.5, 0.6) is 5.75 Å². The van der Waals surface area contributed by atoms with Crippen molar-refractivity contribution in [3.8, 4) is 5.75 Å². The maximum Gasteiger partial charge on any atom is 0.251 e. The van der Waals surface area contributed by atoms with E-state index in [1.165, 1.54) is 12.1 Å². The molecule has 6 heteroatoms. The van der Waals surface area contributed by atoms with Crippen LogP contribution in [-0.4, -0.2) is 43.5 Å². The summed E-state index contributed by atoms with van der Waals surface area (Å²) in [5, 5.41) is 12.3. The minimum atomic E-state index is -0.453. The molecule has 104 valence electrons. The van der Waals surface area contributed by atoms with E-state index in [1.54, 1.807) is 13.2 Å². The van der Waals surface area contributed by atoms with Crippen LogP contribution in [0.3, 0.4) is 0 Å². The molecule has 1 amide bonds. The maximum atomic E-state index is 12.0. The number of nitrogens with one attached hydrogen (secondary N) is 1. The van der Waals surface area contributed by atoms with Gasteiger partial charge in [-0.25, -0.2) is 0 Å². The zero-order valence-corrected chi connectivity index (χ0v) is 10.8. The Hall–Kier alpha value is -1.79. The lowest BCUT2D eigenvalue weighted by molar-refractivity contribution is -0.0148. The molecule has 0 aromatic heterocycles. The van der Waals surface area contributed by atoms with E-state index in [9.17, 15) is 9.90 Å². The van der Waals surface area contributed by atoms with Crippen molar-refractivity contribution in [2.24, 2.45) is 0 Å². The molecule has 1 aromatic carbocycles. The van der Waals surface area contributed by atoms with Crippen LogP contribution in [0.1, 0.15) is 16.8 Å². The third-order valence-electron chi connectivity index (χ3n) is 3.36.